The van der Waals surface area contributed by atoms with Crippen LogP contribution in [0.15, 0.2) is 21.6 Å². The quantitative estimate of drug-likeness (QED) is 0.712. The van der Waals surface area contributed by atoms with E-state index in [1.54, 1.807) is 0 Å². The fraction of sp³-hybridized carbons (Fsp3) is 0.667. The molecular formula is C12H19NO5S. The Labute approximate surface area is 112 Å². The Morgan fingerprint density at radius 3 is 2.47 bits per heavy atom. The molecule has 1 saturated carbocycles. The molecule has 0 radical (unpaired) electrons. The molecule has 0 amide bonds. The summed E-state index contributed by atoms with van der Waals surface area (Å²) in [5, 5.41) is 18.1. The maximum absolute atomic E-state index is 12.0. The van der Waals surface area contributed by atoms with Crippen molar-refractivity contribution in [3.63, 3.8) is 0 Å². The first kappa shape index (κ1) is 14.5. The van der Waals surface area contributed by atoms with Crippen molar-refractivity contribution in [1.29, 1.82) is 0 Å². The molecule has 1 heterocycles. The molecule has 0 aliphatic heterocycles. The number of aliphatic hydroxyl groups excluding tert-OH is 2. The first-order valence-corrected chi connectivity index (χ1v) is 7.80. The van der Waals surface area contributed by atoms with E-state index in [4.69, 9.17) is 9.52 Å². The van der Waals surface area contributed by atoms with E-state index in [0.717, 1.165) is 25.7 Å². The van der Waals surface area contributed by atoms with Gasteiger partial charge in [0.15, 0.2) is 0 Å². The lowest BCUT2D eigenvalue weighted by molar-refractivity contribution is 0.134. The van der Waals surface area contributed by atoms with E-state index in [2.05, 4.69) is 4.72 Å². The molecule has 0 spiro atoms. The van der Waals surface area contributed by atoms with Gasteiger partial charge in [0.05, 0.1) is 0 Å². The highest BCUT2D eigenvalue weighted by atomic mass is 32.2. The molecule has 1 aliphatic rings. The van der Waals surface area contributed by atoms with Crippen LogP contribution in [0.25, 0.3) is 0 Å². The van der Waals surface area contributed by atoms with Gasteiger partial charge in [0.1, 0.15) is 12.4 Å². The molecule has 6 nitrogen and oxygen atoms in total. The Kier molecular flexibility index (Phi) is 4.29. The normalized spacial score (nSPS) is 18.8. The second kappa shape index (κ2) is 5.62. The van der Waals surface area contributed by atoms with E-state index in [1.165, 1.54) is 12.1 Å². The lowest BCUT2D eigenvalue weighted by atomic mass is 9.88. The number of rotatable bonds is 6. The highest BCUT2D eigenvalue weighted by Crippen LogP contribution is 2.37. The van der Waals surface area contributed by atoms with Gasteiger partial charge >= 0.3 is 0 Å². The monoisotopic (exact) mass is 289 g/mol. The minimum atomic E-state index is -3.72. The Morgan fingerprint density at radius 1 is 1.26 bits per heavy atom. The molecule has 1 fully saturated rings. The molecule has 2 rings (SSSR count). The molecule has 0 saturated heterocycles. The molecule has 19 heavy (non-hydrogen) atoms. The van der Waals surface area contributed by atoms with Crippen LogP contribution in [0, 0.1) is 5.41 Å². The van der Waals surface area contributed by atoms with E-state index in [9.17, 15) is 13.5 Å². The second-order valence-electron chi connectivity index (χ2n) is 5.07. The zero-order valence-corrected chi connectivity index (χ0v) is 11.4. The molecule has 0 unspecified atom stereocenters. The fourth-order valence-electron chi connectivity index (χ4n) is 2.42. The van der Waals surface area contributed by atoms with Crippen LogP contribution in [-0.4, -0.2) is 31.8 Å². The molecule has 1 aliphatic carbocycles. The van der Waals surface area contributed by atoms with Crippen molar-refractivity contribution < 1.29 is 23.0 Å². The number of nitrogens with one attached hydrogen (secondary N) is 1. The van der Waals surface area contributed by atoms with Crippen LogP contribution in [0.1, 0.15) is 31.4 Å². The van der Waals surface area contributed by atoms with Gasteiger partial charge in [-0.2, -0.15) is 0 Å². The maximum Gasteiger partial charge on any atom is 0.273 e. The fourth-order valence-corrected chi connectivity index (χ4v) is 3.53. The van der Waals surface area contributed by atoms with E-state index in [0.29, 0.717) is 0 Å². The van der Waals surface area contributed by atoms with Crippen molar-refractivity contribution in [3.05, 3.63) is 17.9 Å². The van der Waals surface area contributed by atoms with Crippen LogP contribution >= 0.6 is 0 Å². The highest BCUT2D eigenvalue weighted by molar-refractivity contribution is 7.89. The summed E-state index contributed by atoms with van der Waals surface area (Å²) in [5.41, 5.74) is -0.348. The van der Waals surface area contributed by atoms with E-state index in [1.807, 2.05) is 0 Å². The Hall–Kier alpha value is -0.890. The first-order chi connectivity index (χ1) is 9.01. The summed E-state index contributed by atoms with van der Waals surface area (Å²) in [6.45, 7) is -0.146. The van der Waals surface area contributed by atoms with Gasteiger partial charge in [0.25, 0.3) is 10.0 Å². The lowest BCUT2D eigenvalue weighted by Crippen LogP contribution is -2.38. The van der Waals surface area contributed by atoms with Gasteiger partial charge in [0.2, 0.25) is 5.09 Å². The summed E-state index contributed by atoms with van der Waals surface area (Å²) in [4.78, 5) is 0. The topological polar surface area (TPSA) is 99.8 Å². The Balaban J connectivity index is 2.05. The molecular weight excluding hydrogens is 270 g/mol. The summed E-state index contributed by atoms with van der Waals surface area (Å²) in [6, 6.07) is 2.74. The molecule has 0 atom stereocenters. The molecule has 0 bridgehead atoms. The van der Waals surface area contributed by atoms with Crippen LogP contribution in [0.2, 0.25) is 0 Å². The third-order valence-corrected chi connectivity index (χ3v) is 4.97. The first-order valence-electron chi connectivity index (χ1n) is 6.31. The van der Waals surface area contributed by atoms with Crippen molar-refractivity contribution >= 4 is 10.0 Å². The number of hydrogen-bond donors (Lipinski definition) is 3. The van der Waals surface area contributed by atoms with E-state index >= 15 is 0 Å². The van der Waals surface area contributed by atoms with Crippen molar-refractivity contribution in [1.82, 2.24) is 4.72 Å². The number of sulfonamides is 1. The highest BCUT2D eigenvalue weighted by Gasteiger charge is 2.34. The van der Waals surface area contributed by atoms with Crippen molar-refractivity contribution in [3.8, 4) is 0 Å². The molecule has 1 aromatic rings. The third kappa shape index (κ3) is 3.17. The van der Waals surface area contributed by atoms with Gasteiger partial charge in [-0.1, -0.05) is 12.8 Å². The van der Waals surface area contributed by atoms with Gasteiger partial charge in [-0.25, -0.2) is 13.1 Å². The minimum Gasteiger partial charge on any atom is -0.446 e. The molecule has 1 aromatic heterocycles. The zero-order valence-electron chi connectivity index (χ0n) is 10.6. The van der Waals surface area contributed by atoms with Crippen LogP contribution in [0.5, 0.6) is 0 Å². The Bertz CT molecular complexity index is 516. The van der Waals surface area contributed by atoms with Gasteiger partial charge in [-0.05, 0) is 25.0 Å². The SMILES string of the molecule is O=S(=O)(NCC1(CO)CCCC1)c1ccc(CO)o1. The van der Waals surface area contributed by atoms with Gasteiger partial charge < -0.3 is 14.6 Å². The third-order valence-electron chi connectivity index (χ3n) is 3.69. The van der Waals surface area contributed by atoms with Crippen LogP contribution in [0.4, 0.5) is 0 Å². The maximum atomic E-state index is 12.0. The zero-order chi connectivity index (χ0) is 13.9. The predicted molar refractivity (Wildman–Crippen MR) is 67.8 cm³/mol. The van der Waals surface area contributed by atoms with Crippen molar-refractivity contribution in [2.24, 2.45) is 5.41 Å². The largest absolute Gasteiger partial charge is 0.446 e. The van der Waals surface area contributed by atoms with Crippen LogP contribution in [-0.2, 0) is 16.6 Å². The van der Waals surface area contributed by atoms with E-state index < -0.39 is 10.0 Å². The number of hydrogen-bond acceptors (Lipinski definition) is 5. The summed E-state index contributed by atoms with van der Waals surface area (Å²) in [5.74, 6) is 0.207. The van der Waals surface area contributed by atoms with Gasteiger partial charge in [-0.15, -0.1) is 0 Å². The summed E-state index contributed by atoms with van der Waals surface area (Å²) >= 11 is 0. The second-order valence-corrected chi connectivity index (χ2v) is 6.77. The van der Waals surface area contributed by atoms with Crippen molar-refractivity contribution in [2.75, 3.05) is 13.2 Å². The smallest absolute Gasteiger partial charge is 0.273 e. The molecule has 0 aromatic carbocycles. The summed E-state index contributed by atoms with van der Waals surface area (Å²) in [7, 11) is -3.72. The van der Waals surface area contributed by atoms with Crippen LogP contribution < -0.4 is 4.72 Å². The average molecular weight is 289 g/mol. The standard InChI is InChI=1S/C12H19NO5S/c14-7-10-3-4-11(18-10)19(16,17)13-8-12(9-15)5-1-2-6-12/h3-4,13-15H,1-2,5-9H2. The number of aliphatic hydroxyl groups is 2. The minimum absolute atomic E-state index is 0.0183. The van der Waals surface area contributed by atoms with Gasteiger partial charge in [-0.3, -0.25) is 0 Å². The number of furan rings is 1. The van der Waals surface area contributed by atoms with E-state index in [-0.39, 0.29) is 36.0 Å². The average Bonchev–Trinajstić information content (AvgIpc) is 3.06. The lowest BCUT2D eigenvalue weighted by Gasteiger charge is -2.26. The van der Waals surface area contributed by atoms with Crippen LogP contribution in [0.3, 0.4) is 0 Å². The Morgan fingerprint density at radius 2 is 1.95 bits per heavy atom. The predicted octanol–water partition coefficient (Wildman–Crippen LogP) is 0.603. The molecule has 7 heteroatoms. The van der Waals surface area contributed by atoms with Crippen molar-refractivity contribution in [2.45, 2.75) is 37.4 Å². The molecule has 108 valence electrons. The van der Waals surface area contributed by atoms with Gasteiger partial charge in [0, 0.05) is 18.6 Å². The summed E-state index contributed by atoms with van der Waals surface area (Å²) < 4.78 is 31.5. The summed E-state index contributed by atoms with van der Waals surface area (Å²) in [6.07, 6.45) is 3.67. The molecule has 3 N–H and O–H groups in total.